The monoisotopic (exact) mass is 299 g/mol. The molecule has 0 amide bonds. The molecule has 1 fully saturated rings. The van der Waals surface area contributed by atoms with Crippen LogP contribution in [0.3, 0.4) is 0 Å². The maximum absolute atomic E-state index is 13.4. The number of carboxylic acids is 1. The predicted octanol–water partition coefficient (Wildman–Crippen LogP) is 2.33. The van der Waals surface area contributed by atoms with Crippen molar-refractivity contribution in [3.63, 3.8) is 0 Å². The SMILES string of the molecule is O=C(O)C(c1ccc(F)c(F)c1)N1CCCCC1CCO. The number of aliphatic hydroxyl groups is 1. The molecule has 21 heavy (non-hydrogen) atoms. The Morgan fingerprint density at radius 2 is 2.10 bits per heavy atom. The molecular weight excluding hydrogens is 280 g/mol. The molecule has 0 aliphatic carbocycles. The highest BCUT2D eigenvalue weighted by Crippen LogP contribution is 2.31. The Labute approximate surface area is 122 Å². The lowest BCUT2D eigenvalue weighted by Gasteiger charge is -2.39. The van der Waals surface area contributed by atoms with E-state index in [1.165, 1.54) is 6.07 Å². The van der Waals surface area contributed by atoms with Gasteiger partial charge in [0.25, 0.3) is 0 Å². The van der Waals surface area contributed by atoms with Crippen molar-refractivity contribution >= 4 is 5.97 Å². The number of hydrogen-bond donors (Lipinski definition) is 2. The van der Waals surface area contributed by atoms with Crippen molar-refractivity contribution in [2.24, 2.45) is 0 Å². The van der Waals surface area contributed by atoms with Gasteiger partial charge in [-0.1, -0.05) is 12.5 Å². The zero-order chi connectivity index (χ0) is 15.4. The number of aliphatic hydroxyl groups excluding tert-OH is 1. The van der Waals surface area contributed by atoms with Crippen LogP contribution in [0.5, 0.6) is 0 Å². The van der Waals surface area contributed by atoms with Crippen LogP contribution in [0.2, 0.25) is 0 Å². The molecule has 0 saturated carbocycles. The number of rotatable bonds is 5. The summed E-state index contributed by atoms with van der Waals surface area (Å²) in [5, 5.41) is 18.6. The number of hydrogen-bond acceptors (Lipinski definition) is 3. The fourth-order valence-electron chi connectivity index (χ4n) is 2.98. The summed E-state index contributed by atoms with van der Waals surface area (Å²) in [7, 11) is 0. The molecule has 1 saturated heterocycles. The Hall–Kier alpha value is -1.53. The lowest BCUT2D eigenvalue weighted by atomic mass is 9.94. The third-order valence-electron chi connectivity index (χ3n) is 3.96. The van der Waals surface area contributed by atoms with Crippen LogP contribution in [-0.2, 0) is 4.79 Å². The van der Waals surface area contributed by atoms with Gasteiger partial charge in [-0.25, -0.2) is 8.78 Å². The van der Waals surface area contributed by atoms with Crippen molar-refractivity contribution in [2.45, 2.75) is 37.8 Å². The molecular formula is C15H19F2NO3. The van der Waals surface area contributed by atoms with E-state index in [0.29, 0.717) is 13.0 Å². The van der Waals surface area contributed by atoms with Gasteiger partial charge >= 0.3 is 5.97 Å². The van der Waals surface area contributed by atoms with Crippen molar-refractivity contribution < 1.29 is 23.8 Å². The molecule has 2 unspecified atom stereocenters. The van der Waals surface area contributed by atoms with Crippen LogP contribution in [0.25, 0.3) is 0 Å². The quantitative estimate of drug-likeness (QED) is 0.876. The number of piperidine rings is 1. The fourth-order valence-corrected chi connectivity index (χ4v) is 2.98. The molecule has 116 valence electrons. The van der Waals surface area contributed by atoms with Crippen LogP contribution in [0.1, 0.15) is 37.3 Å². The number of likely N-dealkylation sites (tertiary alicyclic amines) is 1. The number of halogens is 2. The third kappa shape index (κ3) is 3.57. The summed E-state index contributed by atoms with van der Waals surface area (Å²) in [6, 6.07) is 2.13. The van der Waals surface area contributed by atoms with Gasteiger partial charge in [-0.05, 0) is 43.5 Å². The molecule has 1 aromatic carbocycles. The summed E-state index contributed by atoms with van der Waals surface area (Å²) in [6.45, 7) is 0.548. The lowest BCUT2D eigenvalue weighted by Crippen LogP contribution is -2.45. The molecule has 4 nitrogen and oxygen atoms in total. The van der Waals surface area contributed by atoms with E-state index in [2.05, 4.69) is 0 Å². The van der Waals surface area contributed by atoms with Crippen molar-refractivity contribution in [3.05, 3.63) is 35.4 Å². The van der Waals surface area contributed by atoms with Crippen LogP contribution < -0.4 is 0 Å². The Kier molecular flexibility index (Phi) is 5.25. The normalized spacial score (nSPS) is 21.2. The van der Waals surface area contributed by atoms with Crippen LogP contribution >= 0.6 is 0 Å². The highest BCUT2D eigenvalue weighted by atomic mass is 19.2. The van der Waals surface area contributed by atoms with Gasteiger partial charge in [0.2, 0.25) is 0 Å². The minimum absolute atomic E-state index is 0.0225. The van der Waals surface area contributed by atoms with E-state index < -0.39 is 23.6 Å². The number of carboxylic acid groups (broad SMARTS) is 1. The number of carbonyl (C=O) groups is 1. The van der Waals surface area contributed by atoms with Gasteiger partial charge in [0.05, 0.1) is 0 Å². The third-order valence-corrected chi connectivity index (χ3v) is 3.96. The maximum atomic E-state index is 13.4. The summed E-state index contributed by atoms with van der Waals surface area (Å²) in [5.74, 6) is -3.13. The number of benzene rings is 1. The van der Waals surface area contributed by atoms with E-state index in [-0.39, 0.29) is 18.2 Å². The summed E-state index contributed by atoms with van der Waals surface area (Å²) in [5.41, 5.74) is 0.228. The fraction of sp³-hybridized carbons (Fsp3) is 0.533. The zero-order valence-corrected chi connectivity index (χ0v) is 11.6. The predicted molar refractivity (Wildman–Crippen MR) is 72.8 cm³/mol. The molecule has 1 heterocycles. The molecule has 2 rings (SSSR count). The van der Waals surface area contributed by atoms with Crippen LogP contribution in [0.15, 0.2) is 18.2 Å². The second kappa shape index (κ2) is 6.95. The Morgan fingerprint density at radius 3 is 2.71 bits per heavy atom. The summed E-state index contributed by atoms with van der Waals surface area (Å²) >= 11 is 0. The topological polar surface area (TPSA) is 60.8 Å². The first-order valence-electron chi connectivity index (χ1n) is 7.09. The van der Waals surface area contributed by atoms with Crippen molar-refractivity contribution in [2.75, 3.05) is 13.2 Å². The van der Waals surface area contributed by atoms with Crippen molar-refractivity contribution in [1.82, 2.24) is 4.90 Å². The van der Waals surface area contributed by atoms with E-state index in [0.717, 1.165) is 31.4 Å². The van der Waals surface area contributed by atoms with Crippen molar-refractivity contribution in [1.29, 1.82) is 0 Å². The molecule has 1 aliphatic heterocycles. The molecule has 0 radical (unpaired) electrons. The van der Waals surface area contributed by atoms with Gasteiger partial charge in [0.15, 0.2) is 11.6 Å². The zero-order valence-electron chi connectivity index (χ0n) is 11.6. The van der Waals surface area contributed by atoms with Gasteiger partial charge in [-0.3, -0.25) is 9.69 Å². The first-order chi connectivity index (χ1) is 10.0. The molecule has 2 atom stereocenters. The standard InChI is InChI=1S/C15H19F2NO3/c16-12-5-4-10(9-13(12)17)14(15(20)21)18-7-2-1-3-11(18)6-8-19/h4-5,9,11,14,19H,1-3,6-8H2,(H,20,21). The highest BCUT2D eigenvalue weighted by Gasteiger charge is 2.34. The first kappa shape index (κ1) is 15.9. The Bertz CT molecular complexity index is 508. The minimum atomic E-state index is -1.09. The molecule has 0 bridgehead atoms. The van der Waals surface area contributed by atoms with E-state index in [1.54, 1.807) is 4.90 Å². The van der Waals surface area contributed by atoms with Gasteiger partial charge in [0.1, 0.15) is 6.04 Å². The van der Waals surface area contributed by atoms with E-state index in [4.69, 9.17) is 5.11 Å². The van der Waals surface area contributed by atoms with Gasteiger partial charge < -0.3 is 10.2 Å². The smallest absolute Gasteiger partial charge is 0.325 e. The first-order valence-corrected chi connectivity index (χ1v) is 7.09. The van der Waals surface area contributed by atoms with E-state index >= 15 is 0 Å². The number of nitrogens with zero attached hydrogens (tertiary/aromatic N) is 1. The molecule has 1 aromatic rings. The minimum Gasteiger partial charge on any atom is -0.480 e. The van der Waals surface area contributed by atoms with Gasteiger partial charge in [-0.15, -0.1) is 0 Å². The maximum Gasteiger partial charge on any atom is 0.325 e. The number of aliphatic carboxylic acids is 1. The lowest BCUT2D eigenvalue weighted by molar-refractivity contribution is -0.145. The van der Waals surface area contributed by atoms with E-state index in [9.17, 15) is 18.7 Å². The van der Waals surface area contributed by atoms with Crippen LogP contribution in [0, 0.1) is 11.6 Å². The summed E-state index contributed by atoms with van der Waals surface area (Å²) in [4.78, 5) is 13.4. The molecule has 2 N–H and O–H groups in total. The summed E-state index contributed by atoms with van der Waals surface area (Å²) in [6.07, 6.45) is 3.11. The average Bonchev–Trinajstić information content (AvgIpc) is 2.45. The highest BCUT2D eigenvalue weighted by molar-refractivity contribution is 5.75. The molecule has 0 spiro atoms. The second-order valence-electron chi connectivity index (χ2n) is 5.31. The van der Waals surface area contributed by atoms with Crippen molar-refractivity contribution in [3.8, 4) is 0 Å². The van der Waals surface area contributed by atoms with Gasteiger partial charge in [-0.2, -0.15) is 0 Å². The summed E-state index contributed by atoms with van der Waals surface area (Å²) < 4.78 is 26.4. The average molecular weight is 299 g/mol. The Morgan fingerprint density at radius 1 is 1.33 bits per heavy atom. The van der Waals surface area contributed by atoms with E-state index in [1.807, 2.05) is 0 Å². The largest absolute Gasteiger partial charge is 0.480 e. The molecule has 6 heteroatoms. The second-order valence-corrected chi connectivity index (χ2v) is 5.31. The molecule has 0 aromatic heterocycles. The Balaban J connectivity index is 2.32. The van der Waals surface area contributed by atoms with Crippen LogP contribution in [0.4, 0.5) is 8.78 Å². The molecule has 1 aliphatic rings. The van der Waals surface area contributed by atoms with Crippen LogP contribution in [-0.4, -0.2) is 40.3 Å². The van der Waals surface area contributed by atoms with Gasteiger partial charge in [0, 0.05) is 12.6 Å².